The van der Waals surface area contributed by atoms with E-state index in [0.29, 0.717) is 6.54 Å². The number of carbonyl (C=O) groups excluding carboxylic acids is 1. The normalized spacial score (nSPS) is 13.2. The Morgan fingerprint density at radius 3 is 2.16 bits per heavy atom. The molecule has 0 fully saturated rings. The van der Waals surface area contributed by atoms with Crippen LogP contribution < -0.4 is 10.6 Å². The van der Waals surface area contributed by atoms with Gasteiger partial charge in [0.15, 0.2) is 0 Å². The molecule has 0 heterocycles. The third kappa shape index (κ3) is 3.80. The van der Waals surface area contributed by atoms with E-state index in [0.717, 1.165) is 12.1 Å². The Bertz CT molecular complexity index is 413. The molecule has 0 aliphatic rings. The maximum absolute atomic E-state index is 12.2. The maximum atomic E-state index is 12.2. The highest BCUT2D eigenvalue weighted by Crippen LogP contribution is 2.25. The van der Waals surface area contributed by atoms with Gasteiger partial charge in [-0.25, -0.2) is 0 Å². The Morgan fingerprint density at radius 2 is 1.79 bits per heavy atom. The van der Waals surface area contributed by atoms with Crippen LogP contribution in [0.25, 0.3) is 0 Å². The van der Waals surface area contributed by atoms with Crippen molar-refractivity contribution in [1.82, 2.24) is 0 Å². The zero-order chi connectivity index (χ0) is 14.6. The molecule has 2 N–H and O–H groups in total. The number of carbonyl (C=O) groups is 1. The van der Waals surface area contributed by atoms with E-state index in [1.807, 2.05) is 26.1 Å². The minimum absolute atomic E-state index is 0.0905. The van der Waals surface area contributed by atoms with Gasteiger partial charge in [-0.15, -0.1) is 0 Å². The third-order valence-corrected chi connectivity index (χ3v) is 3.58. The van der Waals surface area contributed by atoms with Gasteiger partial charge in [0.1, 0.15) is 0 Å². The SMILES string of the molecule is CCC(CN)C(=O)N(C)c1ccc(C(C)(C)C)cc1. The highest BCUT2D eigenvalue weighted by Gasteiger charge is 2.20. The lowest BCUT2D eigenvalue weighted by atomic mass is 9.87. The summed E-state index contributed by atoms with van der Waals surface area (Å²) >= 11 is 0. The molecule has 0 radical (unpaired) electrons. The number of rotatable bonds is 4. The molecule has 1 aromatic carbocycles. The van der Waals surface area contributed by atoms with Crippen molar-refractivity contribution in [3.63, 3.8) is 0 Å². The topological polar surface area (TPSA) is 46.3 Å². The number of hydrogen-bond acceptors (Lipinski definition) is 2. The Morgan fingerprint density at radius 1 is 1.26 bits per heavy atom. The average molecular weight is 262 g/mol. The smallest absolute Gasteiger partial charge is 0.231 e. The zero-order valence-electron chi connectivity index (χ0n) is 12.7. The van der Waals surface area contributed by atoms with Gasteiger partial charge in [0.25, 0.3) is 0 Å². The summed E-state index contributed by atoms with van der Waals surface area (Å²) in [6.45, 7) is 8.93. The monoisotopic (exact) mass is 262 g/mol. The van der Waals surface area contributed by atoms with Crippen LogP contribution in [0.5, 0.6) is 0 Å². The van der Waals surface area contributed by atoms with E-state index >= 15 is 0 Å². The van der Waals surface area contributed by atoms with Gasteiger partial charge in [0.05, 0.1) is 5.92 Å². The summed E-state index contributed by atoms with van der Waals surface area (Å²) in [6, 6.07) is 8.18. The molecule has 3 nitrogen and oxygen atoms in total. The van der Waals surface area contributed by atoms with Crippen LogP contribution in [-0.4, -0.2) is 19.5 Å². The van der Waals surface area contributed by atoms with Gasteiger partial charge in [0.2, 0.25) is 5.91 Å². The summed E-state index contributed by atoms with van der Waals surface area (Å²) in [5.74, 6) is 0.000742. The zero-order valence-corrected chi connectivity index (χ0v) is 12.7. The number of nitrogens with two attached hydrogens (primary N) is 1. The highest BCUT2D eigenvalue weighted by molar-refractivity contribution is 5.94. The van der Waals surface area contributed by atoms with Gasteiger partial charge in [-0.3, -0.25) is 4.79 Å². The van der Waals surface area contributed by atoms with Gasteiger partial charge >= 0.3 is 0 Å². The van der Waals surface area contributed by atoms with Crippen molar-refractivity contribution in [3.05, 3.63) is 29.8 Å². The molecule has 0 bridgehead atoms. The minimum atomic E-state index is -0.0905. The largest absolute Gasteiger partial charge is 0.330 e. The van der Waals surface area contributed by atoms with E-state index in [4.69, 9.17) is 5.73 Å². The van der Waals surface area contributed by atoms with E-state index in [2.05, 4.69) is 32.9 Å². The summed E-state index contributed by atoms with van der Waals surface area (Å²) in [5.41, 5.74) is 7.95. The Kier molecular flexibility index (Phi) is 5.12. The molecule has 1 aromatic rings. The van der Waals surface area contributed by atoms with Gasteiger partial charge < -0.3 is 10.6 Å². The average Bonchev–Trinajstić information content (AvgIpc) is 2.38. The molecule has 1 atom stereocenters. The van der Waals surface area contributed by atoms with Crippen molar-refractivity contribution in [1.29, 1.82) is 0 Å². The Hall–Kier alpha value is -1.35. The van der Waals surface area contributed by atoms with Crippen LogP contribution in [0, 0.1) is 5.92 Å². The second kappa shape index (κ2) is 6.20. The second-order valence-corrected chi connectivity index (χ2v) is 6.04. The van der Waals surface area contributed by atoms with E-state index in [-0.39, 0.29) is 17.2 Å². The van der Waals surface area contributed by atoms with Crippen molar-refractivity contribution >= 4 is 11.6 Å². The maximum Gasteiger partial charge on any atom is 0.231 e. The molecule has 0 saturated heterocycles. The van der Waals surface area contributed by atoms with Gasteiger partial charge in [-0.1, -0.05) is 39.8 Å². The fourth-order valence-corrected chi connectivity index (χ4v) is 2.03. The first-order valence-corrected chi connectivity index (χ1v) is 6.89. The summed E-state index contributed by atoms with van der Waals surface area (Å²) in [6.07, 6.45) is 0.778. The minimum Gasteiger partial charge on any atom is -0.330 e. The molecular formula is C16H26N2O. The van der Waals surface area contributed by atoms with Gasteiger partial charge in [-0.2, -0.15) is 0 Å². The summed E-state index contributed by atoms with van der Waals surface area (Å²) in [7, 11) is 1.81. The third-order valence-electron chi connectivity index (χ3n) is 3.58. The fourth-order valence-electron chi connectivity index (χ4n) is 2.03. The molecule has 1 rings (SSSR count). The van der Waals surface area contributed by atoms with Crippen molar-refractivity contribution in [2.24, 2.45) is 11.7 Å². The van der Waals surface area contributed by atoms with Crippen LogP contribution in [0.3, 0.4) is 0 Å². The highest BCUT2D eigenvalue weighted by atomic mass is 16.2. The molecule has 0 spiro atoms. The number of anilines is 1. The molecule has 0 aromatic heterocycles. The Labute approximate surface area is 116 Å². The van der Waals surface area contributed by atoms with E-state index in [1.54, 1.807) is 4.90 Å². The molecule has 19 heavy (non-hydrogen) atoms. The lowest BCUT2D eigenvalue weighted by molar-refractivity contribution is -0.121. The van der Waals surface area contributed by atoms with Crippen molar-refractivity contribution in [2.75, 3.05) is 18.5 Å². The van der Waals surface area contributed by atoms with Gasteiger partial charge in [0, 0.05) is 19.3 Å². The lowest BCUT2D eigenvalue weighted by Gasteiger charge is -2.24. The lowest BCUT2D eigenvalue weighted by Crippen LogP contribution is -2.36. The number of hydrogen-bond donors (Lipinski definition) is 1. The fraction of sp³-hybridized carbons (Fsp3) is 0.562. The van der Waals surface area contributed by atoms with Crippen LogP contribution in [0.15, 0.2) is 24.3 Å². The first kappa shape index (κ1) is 15.7. The number of amides is 1. The van der Waals surface area contributed by atoms with Crippen LogP contribution >= 0.6 is 0 Å². The quantitative estimate of drug-likeness (QED) is 0.907. The molecule has 1 amide bonds. The molecular weight excluding hydrogens is 236 g/mol. The van der Waals surface area contributed by atoms with Crippen molar-refractivity contribution in [2.45, 2.75) is 39.5 Å². The van der Waals surface area contributed by atoms with E-state index < -0.39 is 0 Å². The number of benzene rings is 1. The molecule has 0 aliphatic heterocycles. The molecule has 0 saturated carbocycles. The molecule has 106 valence electrons. The molecule has 3 heteroatoms. The van der Waals surface area contributed by atoms with Crippen LogP contribution in [0.4, 0.5) is 5.69 Å². The van der Waals surface area contributed by atoms with Gasteiger partial charge in [-0.05, 0) is 29.5 Å². The Balaban J connectivity index is 2.89. The summed E-state index contributed by atoms with van der Waals surface area (Å²) < 4.78 is 0. The predicted octanol–water partition coefficient (Wildman–Crippen LogP) is 2.93. The van der Waals surface area contributed by atoms with Crippen molar-refractivity contribution < 1.29 is 4.79 Å². The first-order chi connectivity index (χ1) is 8.81. The molecule has 1 unspecified atom stereocenters. The van der Waals surface area contributed by atoms with E-state index in [1.165, 1.54) is 5.56 Å². The second-order valence-electron chi connectivity index (χ2n) is 6.04. The predicted molar refractivity (Wildman–Crippen MR) is 81.4 cm³/mol. The first-order valence-electron chi connectivity index (χ1n) is 6.89. The van der Waals surface area contributed by atoms with Crippen LogP contribution in [-0.2, 0) is 10.2 Å². The number of nitrogens with zero attached hydrogens (tertiary/aromatic N) is 1. The van der Waals surface area contributed by atoms with E-state index in [9.17, 15) is 4.79 Å². The van der Waals surface area contributed by atoms with Crippen LogP contribution in [0.2, 0.25) is 0 Å². The van der Waals surface area contributed by atoms with Crippen molar-refractivity contribution in [3.8, 4) is 0 Å². The summed E-state index contributed by atoms with van der Waals surface area (Å²) in [4.78, 5) is 13.9. The van der Waals surface area contributed by atoms with Crippen LogP contribution in [0.1, 0.15) is 39.7 Å². The standard InChI is InChI=1S/C16H26N2O/c1-6-12(11-17)15(19)18(5)14-9-7-13(8-10-14)16(2,3)4/h7-10,12H,6,11,17H2,1-5H3. The summed E-state index contributed by atoms with van der Waals surface area (Å²) in [5, 5.41) is 0. The molecule has 0 aliphatic carbocycles.